The van der Waals surface area contributed by atoms with E-state index < -0.39 is 12.0 Å². The Bertz CT molecular complexity index is 709. The molecule has 0 saturated carbocycles. The van der Waals surface area contributed by atoms with Crippen molar-refractivity contribution in [3.8, 4) is 0 Å². The molecule has 1 heterocycles. The molecule has 1 aromatic heterocycles. The van der Waals surface area contributed by atoms with Crippen molar-refractivity contribution in [1.29, 1.82) is 0 Å². The summed E-state index contributed by atoms with van der Waals surface area (Å²) in [6.07, 6.45) is 2.54. The zero-order chi connectivity index (χ0) is 15.4. The van der Waals surface area contributed by atoms with Crippen LogP contribution in [0.4, 0.5) is 16.2 Å². The van der Waals surface area contributed by atoms with Crippen LogP contribution in [-0.4, -0.2) is 22.1 Å². The van der Waals surface area contributed by atoms with Gasteiger partial charge in [0.1, 0.15) is 0 Å². The average Bonchev–Trinajstić information content (AvgIpc) is 2.42. The third-order valence-electron chi connectivity index (χ3n) is 2.42. The molecule has 2 amide bonds. The van der Waals surface area contributed by atoms with E-state index in [0.717, 1.165) is 3.57 Å². The first-order valence-corrected chi connectivity index (χ1v) is 7.13. The highest BCUT2D eigenvalue weighted by Crippen LogP contribution is 2.24. The number of carbonyl (C=O) groups is 2. The second-order valence-electron chi connectivity index (χ2n) is 3.97. The summed E-state index contributed by atoms with van der Waals surface area (Å²) in [4.78, 5) is 26.4. The van der Waals surface area contributed by atoms with Crippen LogP contribution in [0.2, 0.25) is 5.02 Å². The number of amides is 2. The maximum Gasteiger partial charge on any atom is 0.337 e. The van der Waals surface area contributed by atoms with Crippen LogP contribution in [-0.2, 0) is 0 Å². The van der Waals surface area contributed by atoms with Gasteiger partial charge in [0.15, 0.2) is 0 Å². The fourth-order valence-corrected chi connectivity index (χ4v) is 2.40. The molecule has 0 aliphatic heterocycles. The topological polar surface area (TPSA) is 91.3 Å². The van der Waals surface area contributed by atoms with Crippen LogP contribution >= 0.6 is 34.2 Å². The van der Waals surface area contributed by atoms with E-state index in [1.165, 1.54) is 18.5 Å². The molecule has 0 radical (unpaired) electrons. The summed E-state index contributed by atoms with van der Waals surface area (Å²) in [5.41, 5.74) is 0.714. The van der Waals surface area contributed by atoms with Crippen LogP contribution < -0.4 is 10.6 Å². The normalized spacial score (nSPS) is 10.0. The van der Waals surface area contributed by atoms with Crippen molar-refractivity contribution in [1.82, 2.24) is 4.98 Å². The number of halogens is 2. The second-order valence-corrected chi connectivity index (χ2v) is 5.62. The highest BCUT2D eigenvalue weighted by Gasteiger charge is 2.09. The number of carboxylic acids is 1. The molecule has 0 aliphatic carbocycles. The Morgan fingerprint density at radius 3 is 2.62 bits per heavy atom. The Morgan fingerprint density at radius 1 is 1.19 bits per heavy atom. The van der Waals surface area contributed by atoms with Gasteiger partial charge in [0, 0.05) is 9.77 Å². The van der Waals surface area contributed by atoms with Gasteiger partial charge in [0.25, 0.3) is 0 Å². The van der Waals surface area contributed by atoms with Crippen molar-refractivity contribution in [3.63, 3.8) is 0 Å². The van der Waals surface area contributed by atoms with Gasteiger partial charge in [-0.3, -0.25) is 4.98 Å². The van der Waals surface area contributed by atoms with E-state index in [1.54, 1.807) is 18.2 Å². The van der Waals surface area contributed by atoms with Gasteiger partial charge >= 0.3 is 12.0 Å². The fourth-order valence-electron chi connectivity index (χ4n) is 1.50. The van der Waals surface area contributed by atoms with Crippen LogP contribution in [0.25, 0.3) is 0 Å². The van der Waals surface area contributed by atoms with E-state index in [1.807, 2.05) is 0 Å². The molecule has 0 atom stereocenters. The Balaban J connectivity index is 2.08. The molecule has 1 aromatic carbocycles. The first-order valence-electron chi connectivity index (χ1n) is 5.67. The number of urea groups is 1. The number of pyridine rings is 1. The van der Waals surface area contributed by atoms with Gasteiger partial charge in [-0.1, -0.05) is 11.6 Å². The summed E-state index contributed by atoms with van der Waals surface area (Å²) in [5.74, 6) is -1.12. The first-order chi connectivity index (χ1) is 9.95. The summed E-state index contributed by atoms with van der Waals surface area (Å²) in [6, 6.07) is 5.96. The predicted molar refractivity (Wildman–Crippen MR) is 88.0 cm³/mol. The summed E-state index contributed by atoms with van der Waals surface area (Å²) in [7, 11) is 0. The van der Waals surface area contributed by atoms with Gasteiger partial charge in [0.2, 0.25) is 0 Å². The lowest BCUT2D eigenvalue weighted by atomic mass is 10.2. The smallest absolute Gasteiger partial charge is 0.337 e. The Morgan fingerprint density at radius 2 is 1.95 bits per heavy atom. The molecule has 2 rings (SSSR count). The zero-order valence-electron chi connectivity index (χ0n) is 10.4. The molecule has 3 N–H and O–H groups in total. The molecular weight excluding hydrogens is 409 g/mol. The highest BCUT2D eigenvalue weighted by atomic mass is 127. The summed E-state index contributed by atoms with van der Waals surface area (Å²) in [5, 5.41) is 14.3. The maximum absolute atomic E-state index is 11.8. The molecule has 0 unspecified atom stereocenters. The van der Waals surface area contributed by atoms with E-state index in [-0.39, 0.29) is 11.3 Å². The molecular formula is C13H9ClIN3O3. The summed E-state index contributed by atoms with van der Waals surface area (Å²) in [6.45, 7) is 0. The Hall–Kier alpha value is -1.87. The SMILES string of the molecule is O=C(Nc1cncc(C(=O)O)c1)Nc1ccc(I)cc1Cl. The molecule has 108 valence electrons. The van der Waals surface area contributed by atoms with Crippen molar-refractivity contribution in [2.45, 2.75) is 0 Å². The van der Waals surface area contributed by atoms with Crippen LogP contribution in [0.1, 0.15) is 10.4 Å². The highest BCUT2D eigenvalue weighted by molar-refractivity contribution is 14.1. The number of carboxylic acid groups (broad SMARTS) is 1. The van der Waals surface area contributed by atoms with Crippen LogP contribution in [0.5, 0.6) is 0 Å². The quantitative estimate of drug-likeness (QED) is 0.665. The van der Waals surface area contributed by atoms with Crippen LogP contribution in [0.3, 0.4) is 0 Å². The number of carbonyl (C=O) groups excluding carboxylic acids is 1. The van der Waals surface area contributed by atoms with E-state index >= 15 is 0 Å². The molecule has 0 fully saturated rings. The second kappa shape index (κ2) is 6.72. The molecule has 0 spiro atoms. The Kier molecular flexibility index (Phi) is 4.97. The molecule has 0 aliphatic rings. The minimum Gasteiger partial charge on any atom is -0.478 e. The van der Waals surface area contributed by atoms with Crippen LogP contribution in [0.15, 0.2) is 36.7 Å². The molecule has 0 bridgehead atoms. The van der Waals surface area contributed by atoms with Crippen molar-refractivity contribution < 1.29 is 14.7 Å². The van der Waals surface area contributed by atoms with Crippen molar-refractivity contribution in [2.75, 3.05) is 10.6 Å². The molecule has 8 heteroatoms. The number of hydrogen-bond acceptors (Lipinski definition) is 3. The third-order valence-corrected chi connectivity index (χ3v) is 3.41. The number of aromatic nitrogens is 1. The van der Waals surface area contributed by atoms with Gasteiger partial charge in [-0.05, 0) is 46.9 Å². The maximum atomic E-state index is 11.8. The molecule has 6 nitrogen and oxygen atoms in total. The lowest BCUT2D eigenvalue weighted by Crippen LogP contribution is -2.20. The van der Waals surface area contributed by atoms with Crippen molar-refractivity contribution >= 4 is 57.6 Å². The van der Waals surface area contributed by atoms with Gasteiger partial charge < -0.3 is 15.7 Å². The van der Waals surface area contributed by atoms with Gasteiger partial charge in [0.05, 0.1) is 28.2 Å². The number of nitrogens with zero attached hydrogens (tertiary/aromatic N) is 1. The number of rotatable bonds is 3. The predicted octanol–water partition coefficient (Wildman–Crippen LogP) is 3.68. The molecule has 0 saturated heterocycles. The minimum atomic E-state index is -1.12. The zero-order valence-corrected chi connectivity index (χ0v) is 13.3. The van der Waals surface area contributed by atoms with Gasteiger partial charge in [-0.2, -0.15) is 0 Å². The fraction of sp³-hybridized carbons (Fsp3) is 0. The van der Waals surface area contributed by atoms with E-state index in [4.69, 9.17) is 16.7 Å². The van der Waals surface area contributed by atoms with Gasteiger partial charge in [-0.15, -0.1) is 0 Å². The van der Waals surface area contributed by atoms with Gasteiger partial charge in [-0.25, -0.2) is 9.59 Å². The summed E-state index contributed by atoms with van der Waals surface area (Å²) < 4.78 is 0.946. The number of anilines is 2. The molecule has 21 heavy (non-hydrogen) atoms. The minimum absolute atomic E-state index is 0.0138. The number of benzene rings is 1. The Labute approximate surface area is 138 Å². The monoisotopic (exact) mass is 417 g/mol. The number of nitrogens with one attached hydrogen (secondary N) is 2. The van der Waals surface area contributed by atoms with Crippen LogP contribution in [0, 0.1) is 3.57 Å². The average molecular weight is 418 g/mol. The van der Waals surface area contributed by atoms with E-state index in [9.17, 15) is 9.59 Å². The lowest BCUT2D eigenvalue weighted by Gasteiger charge is -2.09. The first kappa shape index (κ1) is 15.5. The number of aromatic carboxylic acids is 1. The van der Waals surface area contributed by atoms with E-state index in [0.29, 0.717) is 10.7 Å². The van der Waals surface area contributed by atoms with Crippen molar-refractivity contribution in [3.05, 3.63) is 50.8 Å². The van der Waals surface area contributed by atoms with Crippen molar-refractivity contribution in [2.24, 2.45) is 0 Å². The summed E-state index contributed by atoms with van der Waals surface area (Å²) >= 11 is 8.11. The number of hydrogen-bond donors (Lipinski definition) is 3. The standard InChI is InChI=1S/C13H9ClIN3O3/c14-10-4-8(15)1-2-11(10)18-13(21)17-9-3-7(12(19)20)5-16-6-9/h1-6H,(H,19,20)(H2,17,18,21). The van der Waals surface area contributed by atoms with E-state index in [2.05, 4.69) is 38.2 Å². The lowest BCUT2D eigenvalue weighted by molar-refractivity contribution is 0.0696. The largest absolute Gasteiger partial charge is 0.478 e. The third kappa shape index (κ3) is 4.30. The molecule has 2 aromatic rings.